The minimum absolute atomic E-state index is 0.0529. The van der Waals surface area contributed by atoms with E-state index in [1.54, 1.807) is 0 Å². The summed E-state index contributed by atoms with van der Waals surface area (Å²) in [7, 11) is 0. The molecule has 1 aromatic rings. The van der Waals surface area contributed by atoms with E-state index in [0.717, 1.165) is 26.2 Å². The van der Waals surface area contributed by atoms with Gasteiger partial charge < -0.3 is 14.5 Å². The number of esters is 1. The molecule has 0 saturated carbocycles. The molecule has 2 aliphatic heterocycles. The van der Waals surface area contributed by atoms with E-state index < -0.39 is 0 Å². The number of anilines is 1. The van der Waals surface area contributed by atoms with Crippen molar-refractivity contribution in [3.05, 3.63) is 24.5 Å². The van der Waals surface area contributed by atoms with E-state index in [2.05, 4.69) is 14.8 Å². The zero-order valence-electron chi connectivity index (χ0n) is 15.5. The highest BCUT2D eigenvalue weighted by molar-refractivity contribution is 5.79. The van der Waals surface area contributed by atoms with Crippen LogP contribution in [0.25, 0.3) is 0 Å². The van der Waals surface area contributed by atoms with Gasteiger partial charge in [0.15, 0.2) is 0 Å². The second-order valence-corrected chi connectivity index (χ2v) is 6.88. The van der Waals surface area contributed by atoms with E-state index in [9.17, 15) is 9.59 Å². The van der Waals surface area contributed by atoms with Gasteiger partial charge >= 0.3 is 5.97 Å². The average Bonchev–Trinajstić information content (AvgIpc) is 2.69. The molecule has 3 rings (SSSR count). The molecular formula is C19H28N4O3. The number of piperidine rings is 1. The Kier molecular flexibility index (Phi) is 6.44. The van der Waals surface area contributed by atoms with Crippen LogP contribution < -0.4 is 4.90 Å². The third-order valence-corrected chi connectivity index (χ3v) is 5.23. The van der Waals surface area contributed by atoms with Gasteiger partial charge in [0.2, 0.25) is 5.91 Å². The van der Waals surface area contributed by atoms with Crippen molar-refractivity contribution < 1.29 is 14.3 Å². The number of hydrogen-bond donors (Lipinski definition) is 0. The van der Waals surface area contributed by atoms with Crippen molar-refractivity contribution in [2.24, 2.45) is 5.92 Å². The average molecular weight is 360 g/mol. The highest BCUT2D eigenvalue weighted by atomic mass is 16.5. The van der Waals surface area contributed by atoms with Gasteiger partial charge in [0.1, 0.15) is 0 Å². The Bertz CT molecular complexity index is 594. The summed E-state index contributed by atoms with van der Waals surface area (Å²) in [6.45, 7) is 7.62. The van der Waals surface area contributed by atoms with Crippen molar-refractivity contribution >= 4 is 17.6 Å². The molecule has 0 radical (unpaired) electrons. The number of piperazine rings is 1. The number of hydrogen-bond acceptors (Lipinski definition) is 6. The first-order valence-electron chi connectivity index (χ1n) is 9.49. The van der Waals surface area contributed by atoms with E-state index >= 15 is 0 Å². The third-order valence-electron chi connectivity index (χ3n) is 5.23. The summed E-state index contributed by atoms with van der Waals surface area (Å²) in [5.74, 6) is -0.000546. The maximum absolute atomic E-state index is 12.6. The number of likely N-dealkylation sites (tertiary alicyclic amines) is 1. The lowest BCUT2D eigenvalue weighted by Gasteiger charge is -2.37. The molecule has 0 aliphatic carbocycles. The molecular weight excluding hydrogens is 332 g/mol. The van der Waals surface area contributed by atoms with Crippen molar-refractivity contribution in [2.45, 2.75) is 19.8 Å². The van der Waals surface area contributed by atoms with Gasteiger partial charge in [-0.3, -0.25) is 19.5 Å². The molecule has 0 N–H and O–H groups in total. The zero-order valence-corrected chi connectivity index (χ0v) is 15.5. The summed E-state index contributed by atoms with van der Waals surface area (Å²) in [6, 6.07) is 4.04. The fourth-order valence-corrected chi connectivity index (χ4v) is 3.64. The maximum atomic E-state index is 12.6. The van der Waals surface area contributed by atoms with Crippen LogP contribution in [0.2, 0.25) is 0 Å². The molecule has 0 aromatic carbocycles. The first-order chi connectivity index (χ1) is 12.7. The maximum Gasteiger partial charge on any atom is 0.309 e. The summed E-state index contributed by atoms with van der Waals surface area (Å²) < 4.78 is 5.09. The number of aromatic nitrogens is 1. The molecule has 2 saturated heterocycles. The molecule has 2 aliphatic rings. The lowest BCUT2D eigenvalue weighted by molar-refractivity contribution is -0.151. The summed E-state index contributed by atoms with van der Waals surface area (Å²) in [6.07, 6.45) is 5.04. The van der Waals surface area contributed by atoms with Crippen molar-refractivity contribution in [1.29, 1.82) is 0 Å². The molecule has 0 atom stereocenters. The first kappa shape index (κ1) is 18.6. The predicted octanol–water partition coefficient (Wildman–Crippen LogP) is 1.01. The number of ether oxygens (including phenoxy) is 1. The van der Waals surface area contributed by atoms with E-state index in [0.29, 0.717) is 39.1 Å². The zero-order chi connectivity index (χ0) is 18.4. The molecule has 0 spiro atoms. The van der Waals surface area contributed by atoms with E-state index in [1.807, 2.05) is 36.4 Å². The Morgan fingerprint density at radius 2 is 1.73 bits per heavy atom. The molecule has 1 amide bonds. The van der Waals surface area contributed by atoms with Crippen molar-refractivity contribution in [1.82, 2.24) is 14.8 Å². The lowest BCUT2D eigenvalue weighted by atomic mass is 9.97. The van der Waals surface area contributed by atoms with Gasteiger partial charge in [-0.2, -0.15) is 0 Å². The summed E-state index contributed by atoms with van der Waals surface area (Å²) >= 11 is 0. The van der Waals surface area contributed by atoms with Crippen LogP contribution in [0.4, 0.5) is 5.69 Å². The summed E-state index contributed by atoms with van der Waals surface area (Å²) in [5.41, 5.74) is 1.19. The molecule has 2 fully saturated rings. The lowest BCUT2D eigenvalue weighted by Crippen LogP contribution is -2.51. The topological polar surface area (TPSA) is 66.0 Å². The SMILES string of the molecule is CCOC(=O)C1CCN(C(=O)CN2CCN(c3ccncc3)CC2)CC1. The number of pyridine rings is 1. The van der Waals surface area contributed by atoms with E-state index in [-0.39, 0.29) is 17.8 Å². The van der Waals surface area contributed by atoms with Crippen LogP contribution in [-0.4, -0.2) is 79.1 Å². The first-order valence-corrected chi connectivity index (χ1v) is 9.49. The minimum Gasteiger partial charge on any atom is -0.466 e. The molecule has 142 valence electrons. The highest BCUT2D eigenvalue weighted by Gasteiger charge is 2.29. The van der Waals surface area contributed by atoms with E-state index in [4.69, 9.17) is 4.74 Å². The normalized spacial score (nSPS) is 19.4. The molecule has 1 aromatic heterocycles. The number of carbonyl (C=O) groups excluding carboxylic acids is 2. The van der Waals surface area contributed by atoms with E-state index in [1.165, 1.54) is 5.69 Å². The summed E-state index contributed by atoms with van der Waals surface area (Å²) in [4.78, 5) is 34.9. The second-order valence-electron chi connectivity index (χ2n) is 6.88. The van der Waals surface area contributed by atoms with Gasteiger partial charge in [-0.05, 0) is 31.9 Å². The second kappa shape index (κ2) is 8.98. The van der Waals surface area contributed by atoms with Crippen LogP contribution in [0.15, 0.2) is 24.5 Å². The standard InChI is InChI=1S/C19H28N4O3/c1-2-26-19(25)16-5-9-23(10-6-16)18(24)15-21-11-13-22(14-12-21)17-3-7-20-8-4-17/h3-4,7-8,16H,2,5-6,9-15H2,1H3. The Balaban J connectivity index is 1.40. The molecule has 7 heteroatoms. The van der Waals surface area contributed by atoms with Gasteiger partial charge in [0.05, 0.1) is 19.1 Å². The van der Waals surface area contributed by atoms with Crippen LogP contribution in [0.1, 0.15) is 19.8 Å². The third kappa shape index (κ3) is 4.72. The number of nitrogens with zero attached hydrogens (tertiary/aromatic N) is 4. The molecule has 7 nitrogen and oxygen atoms in total. The quantitative estimate of drug-likeness (QED) is 0.730. The highest BCUT2D eigenvalue weighted by Crippen LogP contribution is 2.19. The number of carbonyl (C=O) groups is 2. The fourth-order valence-electron chi connectivity index (χ4n) is 3.64. The van der Waals surface area contributed by atoms with Crippen molar-refractivity contribution in [3.63, 3.8) is 0 Å². The Morgan fingerprint density at radius 3 is 2.35 bits per heavy atom. The summed E-state index contributed by atoms with van der Waals surface area (Å²) in [5, 5.41) is 0. The largest absolute Gasteiger partial charge is 0.466 e. The molecule has 0 bridgehead atoms. The molecule has 0 unspecified atom stereocenters. The Labute approximate surface area is 154 Å². The van der Waals surface area contributed by atoms with Crippen LogP contribution in [0, 0.1) is 5.92 Å². The molecule has 3 heterocycles. The molecule has 26 heavy (non-hydrogen) atoms. The van der Waals surface area contributed by atoms with Gasteiger partial charge in [-0.15, -0.1) is 0 Å². The predicted molar refractivity (Wildman–Crippen MR) is 98.8 cm³/mol. The van der Waals surface area contributed by atoms with Gasteiger partial charge in [0, 0.05) is 57.3 Å². The van der Waals surface area contributed by atoms with Crippen LogP contribution >= 0.6 is 0 Å². The number of amides is 1. The van der Waals surface area contributed by atoms with Crippen molar-refractivity contribution in [2.75, 3.05) is 57.3 Å². The monoisotopic (exact) mass is 360 g/mol. The minimum atomic E-state index is -0.119. The van der Waals surface area contributed by atoms with Gasteiger partial charge in [-0.1, -0.05) is 0 Å². The van der Waals surface area contributed by atoms with Crippen LogP contribution in [-0.2, 0) is 14.3 Å². The van der Waals surface area contributed by atoms with Crippen LogP contribution in [0.3, 0.4) is 0 Å². The number of rotatable bonds is 5. The fraction of sp³-hybridized carbons (Fsp3) is 0.632. The Morgan fingerprint density at radius 1 is 1.08 bits per heavy atom. The van der Waals surface area contributed by atoms with Gasteiger partial charge in [0.25, 0.3) is 0 Å². The Hall–Kier alpha value is -2.15. The van der Waals surface area contributed by atoms with Crippen molar-refractivity contribution in [3.8, 4) is 0 Å². The van der Waals surface area contributed by atoms with Crippen LogP contribution in [0.5, 0.6) is 0 Å². The van der Waals surface area contributed by atoms with Gasteiger partial charge in [-0.25, -0.2) is 0 Å². The smallest absolute Gasteiger partial charge is 0.309 e.